The largest absolute Gasteiger partial charge is 0.493 e. The van der Waals surface area contributed by atoms with Crippen molar-refractivity contribution in [3.8, 4) is 11.5 Å². The maximum absolute atomic E-state index is 12.2. The third kappa shape index (κ3) is 4.63. The van der Waals surface area contributed by atoms with E-state index in [1.807, 2.05) is 0 Å². The van der Waals surface area contributed by atoms with Gasteiger partial charge in [-0.3, -0.25) is 4.79 Å². The lowest BCUT2D eigenvalue weighted by atomic mass is 10.1. The number of carbonyl (C=O) groups excluding carboxylic acids is 1. The SMILES string of the molecule is CCCCOc1ccc(C(=O)NCC2CCCO2)cc1OC. The fourth-order valence-electron chi connectivity index (χ4n) is 2.37. The fraction of sp³-hybridized carbons (Fsp3) is 0.588. The standard InChI is InChI=1S/C17H25NO4/c1-3-4-9-22-15-8-7-13(11-16(15)20-2)17(19)18-12-14-6-5-10-21-14/h7-8,11,14H,3-6,9-10,12H2,1-2H3,(H,18,19). The van der Waals surface area contributed by atoms with Crippen LogP contribution in [-0.4, -0.2) is 38.9 Å². The van der Waals surface area contributed by atoms with Crippen molar-refractivity contribution in [1.29, 1.82) is 0 Å². The van der Waals surface area contributed by atoms with Crippen LogP contribution in [0.3, 0.4) is 0 Å². The van der Waals surface area contributed by atoms with Crippen molar-refractivity contribution in [2.24, 2.45) is 0 Å². The molecule has 1 N–H and O–H groups in total. The average Bonchev–Trinajstić information content (AvgIpc) is 3.06. The molecule has 1 saturated heterocycles. The molecule has 1 aliphatic rings. The lowest BCUT2D eigenvalue weighted by Crippen LogP contribution is -2.31. The first-order chi connectivity index (χ1) is 10.7. The summed E-state index contributed by atoms with van der Waals surface area (Å²) in [5.41, 5.74) is 0.567. The Labute approximate surface area is 131 Å². The molecular weight excluding hydrogens is 282 g/mol. The number of hydrogen-bond acceptors (Lipinski definition) is 4. The second kappa shape index (κ2) is 8.63. The molecule has 2 rings (SSSR count). The summed E-state index contributed by atoms with van der Waals surface area (Å²) in [6, 6.07) is 5.26. The Morgan fingerprint density at radius 1 is 1.41 bits per heavy atom. The van der Waals surface area contributed by atoms with Gasteiger partial charge < -0.3 is 19.5 Å². The second-order valence-corrected chi connectivity index (χ2v) is 5.41. The number of amides is 1. The van der Waals surface area contributed by atoms with Gasteiger partial charge in [0.1, 0.15) is 0 Å². The van der Waals surface area contributed by atoms with Crippen LogP contribution in [0.4, 0.5) is 0 Å². The highest BCUT2D eigenvalue weighted by Crippen LogP contribution is 2.28. The van der Waals surface area contributed by atoms with Gasteiger partial charge in [-0.05, 0) is 37.5 Å². The van der Waals surface area contributed by atoms with Crippen LogP contribution in [-0.2, 0) is 4.74 Å². The molecule has 1 fully saturated rings. The quantitative estimate of drug-likeness (QED) is 0.750. The second-order valence-electron chi connectivity index (χ2n) is 5.41. The Bertz CT molecular complexity index is 484. The van der Waals surface area contributed by atoms with Gasteiger partial charge in [-0.1, -0.05) is 13.3 Å². The molecule has 1 amide bonds. The maximum Gasteiger partial charge on any atom is 0.251 e. The van der Waals surface area contributed by atoms with Gasteiger partial charge >= 0.3 is 0 Å². The van der Waals surface area contributed by atoms with E-state index in [0.29, 0.717) is 30.2 Å². The maximum atomic E-state index is 12.2. The van der Waals surface area contributed by atoms with E-state index in [-0.39, 0.29) is 12.0 Å². The van der Waals surface area contributed by atoms with Crippen molar-refractivity contribution >= 4 is 5.91 Å². The van der Waals surface area contributed by atoms with Crippen molar-refractivity contribution in [1.82, 2.24) is 5.32 Å². The summed E-state index contributed by atoms with van der Waals surface area (Å²) in [6.07, 6.45) is 4.28. The Morgan fingerprint density at radius 3 is 2.95 bits per heavy atom. The van der Waals surface area contributed by atoms with Gasteiger partial charge in [0.05, 0.1) is 19.8 Å². The van der Waals surface area contributed by atoms with Crippen LogP contribution in [0.15, 0.2) is 18.2 Å². The van der Waals surface area contributed by atoms with E-state index in [1.165, 1.54) is 0 Å². The molecule has 0 spiro atoms. The highest BCUT2D eigenvalue weighted by Gasteiger charge is 2.17. The summed E-state index contributed by atoms with van der Waals surface area (Å²) in [5, 5.41) is 2.90. The highest BCUT2D eigenvalue weighted by molar-refractivity contribution is 5.94. The van der Waals surface area contributed by atoms with Crippen LogP contribution < -0.4 is 14.8 Å². The van der Waals surface area contributed by atoms with Crippen LogP contribution in [0.5, 0.6) is 11.5 Å². The molecule has 1 unspecified atom stereocenters. The minimum Gasteiger partial charge on any atom is -0.493 e. The predicted octanol–water partition coefficient (Wildman–Crippen LogP) is 2.78. The summed E-state index contributed by atoms with van der Waals surface area (Å²) in [4.78, 5) is 12.2. The van der Waals surface area contributed by atoms with Gasteiger partial charge in [0.2, 0.25) is 0 Å². The predicted molar refractivity (Wildman–Crippen MR) is 84.7 cm³/mol. The minimum absolute atomic E-state index is 0.117. The van der Waals surface area contributed by atoms with Crippen LogP contribution >= 0.6 is 0 Å². The van der Waals surface area contributed by atoms with E-state index in [0.717, 1.165) is 32.3 Å². The van der Waals surface area contributed by atoms with Crippen molar-refractivity contribution in [3.05, 3.63) is 23.8 Å². The zero-order valence-electron chi connectivity index (χ0n) is 13.4. The summed E-state index contributed by atoms with van der Waals surface area (Å²) in [7, 11) is 1.58. The van der Waals surface area contributed by atoms with Crippen LogP contribution in [0, 0.1) is 0 Å². The number of unbranched alkanes of at least 4 members (excludes halogenated alkanes) is 1. The Kier molecular flexibility index (Phi) is 6.52. The van der Waals surface area contributed by atoms with E-state index in [2.05, 4.69) is 12.2 Å². The van der Waals surface area contributed by atoms with E-state index in [1.54, 1.807) is 25.3 Å². The molecule has 0 aromatic heterocycles. The molecule has 0 radical (unpaired) electrons. The number of benzene rings is 1. The Balaban J connectivity index is 1.93. The van der Waals surface area contributed by atoms with Gasteiger partial charge in [-0.15, -0.1) is 0 Å². The van der Waals surface area contributed by atoms with E-state index >= 15 is 0 Å². The summed E-state index contributed by atoms with van der Waals surface area (Å²) < 4.78 is 16.5. The summed E-state index contributed by atoms with van der Waals surface area (Å²) >= 11 is 0. The lowest BCUT2D eigenvalue weighted by Gasteiger charge is -2.13. The fourth-order valence-corrected chi connectivity index (χ4v) is 2.37. The lowest BCUT2D eigenvalue weighted by molar-refractivity contribution is 0.0857. The van der Waals surface area contributed by atoms with E-state index in [4.69, 9.17) is 14.2 Å². The number of nitrogens with one attached hydrogen (secondary N) is 1. The molecule has 1 aromatic rings. The summed E-state index contributed by atoms with van der Waals surface area (Å²) in [6.45, 7) is 4.10. The van der Waals surface area contributed by atoms with Gasteiger partial charge in [-0.2, -0.15) is 0 Å². The Hall–Kier alpha value is -1.75. The number of carbonyl (C=O) groups is 1. The van der Waals surface area contributed by atoms with Gasteiger partial charge in [0, 0.05) is 18.7 Å². The molecule has 22 heavy (non-hydrogen) atoms. The number of hydrogen-bond donors (Lipinski definition) is 1. The van der Waals surface area contributed by atoms with E-state index in [9.17, 15) is 4.79 Å². The first-order valence-corrected chi connectivity index (χ1v) is 7.95. The molecule has 0 saturated carbocycles. The monoisotopic (exact) mass is 307 g/mol. The number of rotatable bonds is 8. The van der Waals surface area contributed by atoms with Crippen molar-refractivity contribution in [3.63, 3.8) is 0 Å². The van der Waals surface area contributed by atoms with Gasteiger partial charge in [-0.25, -0.2) is 0 Å². The number of ether oxygens (including phenoxy) is 3. The van der Waals surface area contributed by atoms with Crippen molar-refractivity contribution in [2.75, 3.05) is 26.9 Å². The van der Waals surface area contributed by atoms with Gasteiger partial charge in [0.25, 0.3) is 5.91 Å². The van der Waals surface area contributed by atoms with Gasteiger partial charge in [0.15, 0.2) is 11.5 Å². The zero-order chi connectivity index (χ0) is 15.8. The number of methoxy groups -OCH3 is 1. The van der Waals surface area contributed by atoms with Crippen LogP contribution in [0.2, 0.25) is 0 Å². The normalized spacial score (nSPS) is 17.3. The third-order valence-corrected chi connectivity index (χ3v) is 3.70. The summed E-state index contributed by atoms with van der Waals surface area (Å²) in [5.74, 6) is 1.14. The van der Waals surface area contributed by atoms with E-state index < -0.39 is 0 Å². The zero-order valence-corrected chi connectivity index (χ0v) is 13.4. The third-order valence-electron chi connectivity index (χ3n) is 3.70. The molecule has 5 nitrogen and oxygen atoms in total. The van der Waals surface area contributed by atoms with Crippen LogP contribution in [0.1, 0.15) is 43.0 Å². The molecule has 0 bridgehead atoms. The highest BCUT2D eigenvalue weighted by atomic mass is 16.5. The topological polar surface area (TPSA) is 56.8 Å². The first-order valence-electron chi connectivity index (χ1n) is 7.95. The molecule has 122 valence electrons. The molecule has 1 heterocycles. The minimum atomic E-state index is -0.117. The first kappa shape index (κ1) is 16.6. The molecular formula is C17H25NO4. The molecule has 1 atom stereocenters. The van der Waals surface area contributed by atoms with Crippen molar-refractivity contribution in [2.45, 2.75) is 38.7 Å². The van der Waals surface area contributed by atoms with Crippen LogP contribution in [0.25, 0.3) is 0 Å². The molecule has 5 heteroatoms. The molecule has 1 aliphatic heterocycles. The smallest absolute Gasteiger partial charge is 0.251 e. The molecule has 0 aliphatic carbocycles. The molecule has 1 aromatic carbocycles. The average molecular weight is 307 g/mol. The Morgan fingerprint density at radius 2 is 2.27 bits per heavy atom. The van der Waals surface area contributed by atoms with Crippen molar-refractivity contribution < 1.29 is 19.0 Å².